The number of rotatable bonds is 19. The van der Waals surface area contributed by atoms with Crippen LogP contribution in [0.1, 0.15) is 72.0 Å². The first-order chi connectivity index (χ1) is 41.9. The van der Waals surface area contributed by atoms with E-state index in [9.17, 15) is 41.8 Å². The number of phenols is 1. The third-order valence-electron chi connectivity index (χ3n) is 14.5. The molecule has 0 spiro atoms. The number of hydrogen-bond donors (Lipinski definition) is 7. The molecule has 4 amide bonds. The highest BCUT2D eigenvalue weighted by Gasteiger charge is 2.27. The molecule has 0 aliphatic rings. The Bertz CT molecular complexity index is 4340. The van der Waals surface area contributed by atoms with Crippen molar-refractivity contribution in [2.24, 2.45) is 11.5 Å². The van der Waals surface area contributed by atoms with Gasteiger partial charge in [0.25, 0.3) is 11.8 Å². The van der Waals surface area contributed by atoms with Gasteiger partial charge in [-0.2, -0.15) is 0 Å². The van der Waals surface area contributed by atoms with Crippen molar-refractivity contribution < 1.29 is 55.7 Å². The van der Waals surface area contributed by atoms with Crippen LogP contribution in [-0.2, 0) is 42.1 Å². The molecule has 2 atom stereocenters. The number of benzene rings is 7. The maximum atomic E-state index is 14.2. The van der Waals surface area contributed by atoms with Gasteiger partial charge >= 0.3 is 0 Å². The third kappa shape index (κ3) is 14.5. The fourth-order valence-corrected chi connectivity index (χ4v) is 10.4. The molecule has 87 heavy (non-hydrogen) atoms. The number of nitrogens with one attached hydrogen (secondary N) is 4. The lowest BCUT2D eigenvalue weighted by Gasteiger charge is -2.21. The maximum absolute atomic E-state index is 14.2. The fraction of sp³-hybridized carbons (Fsp3) is 0.134. The Labute approximate surface area is 496 Å². The molecule has 16 nitrogen and oxygen atoms in total. The largest absolute Gasteiger partial charge is 0.508 e. The Balaban J connectivity index is 0.000000195. The fourth-order valence-electron chi connectivity index (χ4n) is 10.4. The van der Waals surface area contributed by atoms with Gasteiger partial charge in [0.05, 0.1) is 23.5 Å². The molecule has 9 N–H and O–H groups in total. The Morgan fingerprint density at radius 2 is 1.00 bits per heavy atom. The number of aryl methyl sites for hydroxylation is 2. The number of hydrogen-bond acceptors (Lipinski definition) is 8. The molecule has 20 heteroatoms. The molecule has 0 saturated heterocycles. The van der Waals surface area contributed by atoms with Gasteiger partial charge in [0.15, 0.2) is 35.2 Å². The number of imidazole rings is 2. The third-order valence-corrected chi connectivity index (χ3v) is 14.5. The lowest BCUT2D eigenvalue weighted by atomic mass is 9.94. The summed E-state index contributed by atoms with van der Waals surface area (Å²) in [4.78, 5) is 66.2. The summed E-state index contributed by atoms with van der Waals surface area (Å²) in [5, 5.41) is 16.2. The van der Waals surface area contributed by atoms with E-state index < -0.39 is 53.1 Å². The van der Waals surface area contributed by atoms with Crippen molar-refractivity contribution in [3.05, 3.63) is 262 Å². The van der Waals surface area contributed by atoms with Crippen LogP contribution in [0.2, 0.25) is 0 Å². The molecular weight excluding hydrogens is 1120 g/mol. The lowest BCUT2D eigenvalue weighted by Crippen LogP contribution is -2.43. The molecule has 0 aliphatic carbocycles. The second kappa shape index (κ2) is 26.3. The number of aromatic hydroxyl groups is 1. The van der Waals surface area contributed by atoms with E-state index in [1.165, 1.54) is 24.3 Å². The minimum Gasteiger partial charge on any atom is -0.508 e. The lowest BCUT2D eigenvalue weighted by molar-refractivity contribution is -0.658. The second-order valence-electron chi connectivity index (χ2n) is 20.8. The number of aromatic nitrogens is 6. The van der Waals surface area contributed by atoms with Crippen molar-refractivity contribution in [2.45, 2.75) is 58.5 Å². The first-order valence-electron chi connectivity index (χ1n) is 27.5. The van der Waals surface area contributed by atoms with E-state index in [1.807, 2.05) is 55.5 Å². The van der Waals surface area contributed by atoms with Gasteiger partial charge in [-0.3, -0.25) is 29.1 Å². The molecule has 0 aliphatic heterocycles. The number of pyridine rings is 2. The topological polar surface area (TPSA) is 239 Å². The molecular formula is C67H58F4N10O6+2. The van der Waals surface area contributed by atoms with Crippen LogP contribution in [0.25, 0.3) is 44.3 Å². The molecule has 4 aromatic heterocycles. The van der Waals surface area contributed by atoms with E-state index in [-0.39, 0.29) is 37.6 Å². The van der Waals surface area contributed by atoms with Crippen molar-refractivity contribution >= 4 is 45.7 Å². The number of fused-ring (bicyclic) bond motifs is 2. The van der Waals surface area contributed by atoms with Crippen LogP contribution in [0.3, 0.4) is 0 Å². The number of carbonyl (C=O) groups excluding carboxylic acids is 4. The van der Waals surface area contributed by atoms with Gasteiger partial charge in [0, 0.05) is 58.9 Å². The number of amides is 4. The number of H-pyrrole nitrogens is 2. The number of phenolic OH excluding ortho intramolecular Hbond substituents is 1. The summed E-state index contributed by atoms with van der Waals surface area (Å²) in [7, 11) is 0. The summed E-state index contributed by atoms with van der Waals surface area (Å²) < 4.78 is 66.1. The van der Waals surface area contributed by atoms with Gasteiger partial charge in [-0.15, -0.1) is 0 Å². The van der Waals surface area contributed by atoms with E-state index in [1.54, 1.807) is 120 Å². The summed E-state index contributed by atoms with van der Waals surface area (Å²) in [5.74, 6) is -4.06. The number of primary amides is 2. The number of nitrogens with zero attached hydrogens (tertiary/aromatic N) is 4. The van der Waals surface area contributed by atoms with Crippen LogP contribution < -0.4 is 36.0 Å². The van der Waals surface area contributed by atoms with Crippen molar-refractivity contribution in [2.75, 3.05) is 0 Å². The van der Waals surface area contributed by atoms with Crippen LogP contribution in [0.5, 0.6) is 11.5 Å². The van der Waals surface area contributed by atoms with Crippen molar-refractivity contribution in [1.82, 2.24) is 30.6 Å². The second-order valence-corrected chi connectivity index (χ2v) is 20.8. The van der Waals surface area contributed by atoms with E-state index in [0.29, 0.717) is 79.3 Å². The first-order valence-corrected chi connectivity index (χ1v) is 27.5. The number of aromatic amines is 2. The van der Waals surface area contributed by atoms with Gasteiger partial charge in [-0.1, -0.05) is 66.7 Å². The Morgan fingerprint density at radius 3 is 1.47 bits per heavy atom. The van der Waals surface area contributed by atoms with Crippen LogP contribution in [0, 0.1) is 37.1 Å². The van der Waals surface area contributed by atoms with Crippen molar-refractivity contribution in [3.8, 4) is 33.8 Å². The molecule has 0 bridgehead atoms. The molecule has 7 aromatic carbocycles. The number of carbonyl (C=O) groups is 4. The molecule has 0 fully saturated rings. The molecule has 4 heterocycles. The van der Waals surface area contributed by atoms with Gasteiger partial charge in [0.1, 0.15) is 41.4 Å². The predicted octanol–water partition coefficient (Wildman–Crippen LogP) is 9.89. The zero-order chi connectivity index (χ0) is 61.3. The molecule has 11 aromatic rings. The average Bonchev–Trinajstić information content (AvgIpc) is 3.58. The van der Waals surface area contributed by atoms with Crippen LogP contribution in [-0.4, -0.2) is 48.7 Å². The van der Waals surface area contributed by atoms with E-state index in [2.05, 4.69) is 30.6 Å². The Kier molecular flexibility index (Phi) is 17.9. The normalized spacial score (nSPS) is 11.8. The quantitative estimate of drug-likeness (QED) is 0.0303. The molecule has 0 radical (unpaired) electrons. The molecule has 0 unspecified atom stereocenters. The van der Waals surface area contributed by atoms with Crippen LogP contribution >= 0.6 is 0 Å². The minimum absolute atomic E-state index is 0.0402. The summed E-state index contributed by atoms with van der Waals surface area (Å²) in [6.07, 6.45) is 6.57. The molecule has 438 valence electrons. The number of ether oxygens (including phenoxy) is 1. The zero-order valence-electron chi connectivity index (χ0n) is 47.0. The zero-order valence-corrected chi connectivity index (χ0v) is 47.0. The number of halogens is 4. The minimum atomic E-state index is -0.788. The average molecular weight is 1180 g/mol. The summed E-state index contributed by atoms with van der Waals surface area (Å²) in [5.41, 5.74) is 21.4. The maximum Gasteiger partial charge on any atom is 0.262 e. The highest BCUT2D eigenvalue weighted by Crippen LogP contribution is 2.32. The van der Waals surface area contributed by atoms with Gasteiger partial charge in [0.2, 0.25) is 24.5 Å². The van der Waals surface area contributed by atoms with Gasteiger partial charge < -0.3 is 31.9 Å². The first kappa shape index (κ1) is 59.2. The smallest absolute Gasteiger partial charge is 0.262 e. The summed E-state index contributed by atoms with van der Waals surface area (Å²) in [6, 6.07) is 42.4. The summed E-state index contributed by atoms with van der Waals surface area (Å²) >= 11 is 0. The Hall–Kier alpha value is -11.0. The van der Waals surface area contributed by atoms with Crippen molar-refractivity contribution in [3.63, 3.8) is 0 Å². The Morgan fingerprint density at radius 1 is 0.540 bits per heavy atom. The van der Waals surface area contributed by atoms with E-state index >= 15 is 0 Å². The number of nitrogens with two attached hydrogens (primary N) is 2. The van der Waals surface area contributed by atoms with E-state index in [4.69, 9.17) is 16.2 Å². The van der Waals surface area contributed by atoms with Gasteiger partial charge in [-0.25, -0.2) is 36.7 Å². The van der Waals surface area contributed by atoms with E-state index in [0.717, 1.165) is 39.8 Å². The summed E-state index contributed by atoms with van der Waals surface area (Å²) in [6.45, 7) is 3.97. The highest BCUT2D eigenvalue weighted by molar-refractivity contribution is 5.95. The molecule has 0 saturated carbocycles. The monoisotopic (exact) mass is 1170 g/mol. The van der Waals surface area contributed by atoms with Crippen LogP contribution in [0.4, 0.5) is 17.6 Å². The predicted molar refractivity (Wildman–Crippen MR) is 317 cm³/mol. The standard InChI is InChI=1S/C37H31F2N5O3.C30H25F2N5O3/c1-23-13-31-33(19-34(23)47-21-24-7-3-2-4-8-24)44(22-42-31)20-35(45)43-32(16-25-14-28(38)18-29(39)15-25)36-30(11-6-12-41-36)26-9-5-10-27(17-26)37(40)46;1-17-8-24-26(14-27(17)38)37(16-35-24)15-28(39)36-25(11-18-9-21(31)13-22(32)10-18)29-23(6-3-7-34-29)19-4-2-5-20(12-19)30(33)40/h2-15,17-19,22,32H,16,20-21H2,1H3,(H3,40,43,45,46);2-10,12-14,16,25H,11,15H2,1H3,(H4,33,36,38,39,40)/p+2/t32-;25-/m00/s1. The highest BCUT2D eigenvalue weighted by atomic mass is 19.1. The van der Waals surface area contributed by atoms with Gasteiger partial charge in [-0.05, 0) is 138 Å². The van der Waals surface area contributed by atoms with Crippen LogP contribution in [0.15, 0.2) is 189 Å². The molecule has 11 rings (SSSR count). The SMILES string of the molecule is Cc1cc2[nH]c[n+](CC(=O)N[C@@H](Cc3cc(F)cc(F)c3)c3ncccc3-c3cccc(C(N)=O)c3)c2cc1O.Cc1cc2[nH]c[n+](CC(=O)N[C@@H](Cc3cc(F)cc(F)c3)c3ncccc3-c3cccc(C(N)=O)c3)c2cc1OCc1ccccc1. The van der Waals surface area contributed by atoms with Crippen molar-refractivity contribution in [1.29, 1.82) is 0 Å².